The molecule has 1 saturated heterocycles. The van der Waals surface area contributed by atoms with Crippen LogP contribution in [0.5, 0.6) is 5.75 Å². The lowest BCUT2D eigenvalue weighted by atomic mass is 10.0. The molecule has 1 aromatic carbocycles. The van der Waals surface area contributed by atoms with Gasteiger partial charge in [-0.2, -0.15) is 5.10 Å². The van der Waals surface area contributed by atoms with Crippen LogP contribution in [0.15, 0.2) is 39.4 Å². The molecule has 1 amide bonds. The summed E-state index contributed by atoms with van der Waals surface area (Å²) in [5.41, 5.74) is 1.84. The summed E-state index contributed by atoms with van der Waals surface area (Å²) in [5.74, 6) is -0.100. The summed E-state index contributed by atoms with van der Waals surface area (Å²) in [4.78, 5) is 23.1. The topological polar surface area (TPSA) is 89.3 Å². The van der Waals surface area contributed by atoms with Gasteiger partial charge < -0.3 is 9.47 Å². The van der Waals surface area contributed by atoms with E-state index in [2.05, 4.69) is 20.3 Å². The molecule has 130 valence electrons. The molecule has 0 bridgehead atoms. The predicted octanol–water partition coefficient (Wildman–Crippen LogP) is 2.01. The van der Waals surface area contributed by atoms with Gasteiger partial charge in [0.05, 0.1) is 18.2 Å². The lowest BCUT2D eigenvalue weighted by molar-refractivity contribution is -0.135. The maximum absolute atomic E-state index is 11.7. The van der Waals surface area contributed by atoms with Crippen LogP contribution in [0, 0.1) is 0 Å². The molecule has 0 spiro atoms. The molecule has 2 heterocycles. The molecular weight excluding hydrogens is 342 g/mol. The van der Waals surface area contributed by atoms with Gasteiger partial charge in [0.15, 0.2) is 5.17 Å². The van der Waals surface area contributed by atoms with E-state index in [0.29, 0.717) is 5.17 Å². The highest BCUT2D eigenvalue weighted by Gasteiger charge is 2.29. The van der Waals surface area contributed by atoms with Crippen LogP contribution >= 0.6 is 11.8 Å². The average Bonchev–Trinajstić information content (AvgIpc) is 3.04. The fourth-order valence-electron chi connectivity index (χ4n) is 2.50. The number of hydrogen-bond donors (Lipinski definition) is 1. The van der Waals surface area contributed by atoms with Crippen molar-refractivity contribution in [3.63, 3.8) is 0 Å². The van der Waals surface area contributed by atoms with E-state index in [9.17, 15) is 9.59 Å². The lowest BCUT2D eigenvalue weighted by Crippen LogP contribution is -2.24. The second kappa shape index (κ2) is 6.72. The van der Waals surface area contributed by atoms with Crippen LogP contribution < -0.4 is 10.1 Å². The number of carbonyl (C=O) groups excluding carboxylic acids is 2. The molecule has 2 aliphatic heterocycles. The standard InChI is InChI=1S/C17H17N3O4S/c1-17(2)8-11-6-10(4-5-12(11)24-17)9-18-20-16-19-15(22)13(25-16)7-14(21)23-3/h4-7,9H,8H2,1-3H3,(H,19,20,22)/b13-7+,18-9?. The molecule has 25 heavy (non-hydrogen) atoms. The minimum Gasteiger partial charge on any atom is -0.487 e. The minimum absolute atomic E-state index is 0.189. The van der Waals surface area contributed by atoms with E-state index in [-0.39, 0.29) is 10.5 Å². The Morgan fingerprint density at radius 3 is 3.00 bits per heavy atom. The molecule has 0 saturated carbocycles. The van der Waals surface area contributed by atoms with Crippen LogP contribution in [0.25, 0.3) is 0 Å². The predicted molar refractivity (Wildman–Crippen MR) is 95.7 cm³/mol. The number of esters is 1. The van der Waals surface area contributed by atoms with Gasteiger partial charge in [0, 0.05) is 12.5 Å². The molecule has 8 heteroatoms. The maximum Gasteiger partial charge on any atom is 0.331 e. The first kappa shape index (κ1) is 17.2. The number of rotatable bonds is 3. The van der Waals surface area contributed by atoms with E-state index in [0.717, 1.165) is 41.1 Å². The van der Waals surface area contributed by atoms with Crippen molar-refractivity contribution in [1.82, 2.24) is 5.32 Å². The number of ether oxygens (including phenoxy) is 2. The Balaban J connectivity index is 1.68. The van der Waals surface area contributed by atoms with E-state index < -0.39 is 11.9 Å². The molecule has 0 atom stereocenters. The van der Waals surface area contributed by atoms with E-state index in [1.54, 1.807) is 6.21 Å². The molecule has 7 nitrogen and oxygen atoms in total. The number of fused-ring (bicyclic) bond motifs is 1. The molecule has 2 aliphatic rings. The maximum atomic E-state index is 11.7. The zero-order valence-electron chi connectivity index (χ0n) is 14.0. The van der Waals surface area contributed by atoms with Crippen LogP contribution in [0.1, 0.15) is 25.0 Å². The van der Waals surface area contributed by atoms with E-state index in [1.807, 2.05) is 32.0 Å². The quantitative estimate of drug-likeness (QED) is 0.386. The Morgan fingerprint density at radius 2 is 2.24 bits per heavy atom. The third kappa shape index (κ3) is 4.08. The van der Waals surface area contributed by atoms with Gasteiger partial charge >= 0.3 is 5.97 Å². The van der Waals surface area contributed by atoms with Crippen molar-refractivity contribution in [2.45, 2.75) is 25.9 Å². The molecule has 0 aliphatic carbocycles. The van der Waals surface area contributed by atoms with Gasteiger partial charge in [-0.25, -0.2) is 4.79 Å². The smallest absolute Gasteiger partial charge is 0.331 e. The van der Waals surface area contributed by atoms with E-state index in [1.165, 1.54) is 7.11 Å². The summed E-state index contributed by atoms with van der Waals surface area (Å²) in [5, 5.41) is 10.8. The third-order valence-corrected chi connectivity index (χ3v) is 4.44. The molecule has 1 aromatic rings. The highest BCUT2D eigenvalue weighted by atomic mass is 32.2. The highest BCUT2D eigenvalue weighted by molar-refractivity contribution is 8.18. The number of nitrogens with one attached hydrogen (secondary N) is 1. The summed E-state index contributed by atoms with van der Waals surface area (Å²) in [6.45, 7) is 4.10. The number of nitrogens with zero attached hydrogens (tertiary/aromatic N) is 2. The van der Waals surface area contributed by atoms with Crippen LogP contribution in [-0.2, 0) is 20.7 Å². The molecule has 3 rings (SSSR count). The van der Waals surface area contributed by atoms with Gasteiger partial charge in [-0.15, -0.1) is 5.10 Å². The van der Waals surface area contributed by atoms with Crippen LogP contribution in [0.2, 0.25) is 0 Å². The summed E-state index contributed by atoms with van der Waals surface area (Å²) in [6.07, 6.45) is 3.56. The average molecular weight is 359 g/mol. The fraction of sp³-hybridized carbons (Fsp3) is 0.294. The van der Waals surface area contributed by atoms with Gasteiger partial charge in [-0.05, 0) is 54.9 Å². The second-order valence-electron chi connectivity index (χ2n) is 6.14. The first-order valence-electron chi connectivity index (χ1n) is 7.58. The SMILES string of the molecule is COC(=O)/C=C1/S/C(=N\N=Cc2ccc3c(c2)CC(C)(C)O3)NC1=O. The molecule has 0 aromatic heterocycles. The number of hydrogen-bond acceptors (Lipinski definition) is 7. The second-order valence-corrected chi connectivity index (χ2v) is 7.17. The Morgan fingerprint density at radius 1 is 1.44 bits per heavy atom. The number of amides is 1. The van der Waals surface area contributed by atoms with Crippen molar-refractivity contribution in [3.05, 3.63) is 40.3 Å². The molecule has 1 N–H and O–H groups in total. The molecule has 0 unspecified atom stereocenters. The monoisotopic (exact) mass is 359 g/mol. The Hall–Kier alpha value is -2.61. The number of amidine groups is 1. The van der Waals surface area contributed by atoms with Crippen LogP contribution in [0.4, 0.5) is 0 Å². The highest BCUT2D eigenvalue weighted by Crippen LogP contribution is 2.34. The zero-order valence-corrected chi connectivity index (χ0v) is 14.8. The number of thioether (sulfide) groups is 1. The number of benzene rings is 1. The summed E-state index contributed by atoms with van der Waals surface area (Å²) in [7, 11) is 1.25. The zero-order chi connectivity index (χ0) is 18.0. The Kier molecular flexibility index (Phi) is 4.63. The van der Waals surface area contributed by atoms with Gasteiger partial charge in [0.2, 0.25) is 0 Å². The fourth-order valence-corrected chi connectivity index (χ4v) is 3.24. The normalized spacial score (nSPS) is 21.5. The Labute approximate surface area is 149 Å². The van der Waals surface area contributed by atoms with Crippen LogP contribution in [0.3, 0.4) is 0 Å². The van der Waals surface area contributed by atoms with Crippen molar-refractivity contribution in [2.75, 3.05) is 7.11 Å². The lowest BCUT2D eigenvalue weighted by Gasteiger charge is -2.16. The Bertz CT molecular complexity index is 827. The van der Waals surface area contributed by atoms with E-state index >= 15 is 0 Å². The summed E-state index contributed by atoms with van der Waals surface area (Å²) in [6, 6.07) is 5.82. The number of carbonyl (C=O) groups is 2. The van der Waals surface area contributed by atoms with Crippen molar-refractivity contribution >= 4 is 35.0 Å². The van der Waals surface area contributed by atoms with Crippen molar-refractivity contribution in [2.24, 2.45) is 10.2 Å². The third-order valence-electron chi connectivity index (χ3n) is 3.54. The van der Waals surface area contributed by atoms with E-state index in [4.69, 9.17) is 4.74 Å². The number of methoxy groups -OCH3 is 1. The van der Waals surface area contributed by atoms with Gasteiger partial charge in [-0.3, -0.25) is 10.1 Å². The van der Waals surface area contributed by atoms with Gasteiger partial charge in [-0.1, -0.05) is 0 Å². The van der Waals surface area contributed by atoms with Gasteiger partial charge in [0.25, 0.3) is 5.91 Å². The molecule has 1 fully saturated rings. The first-order valence-corrected chi connectivity index (χ1v) is 8.40. The van der Waals surface area contributed by atoms with Crippen molar-refractivity contribution in [3.8, 4) is 5.75 Å². The summed E-state index contributed by atoms with van der Waals surface area (Å²) < 4.78 is 10.3. The molecule has 0 radical (unpaired) electrons. The minimum atomic E-state index is -0.592. The largest absolute Gasteiger partial charge is 0.487 e. The van der Waals surface area contributed by atoms with Gasteiger partial charge in [0.1, 0.15) is 11.4 Å². The van der Waals surface area contributed by atoms with Crippen molar-refractivity contribution < 1.29 is 19.1 Å². The summed E-state index contributed by atoms with van der Waals surface area (Å²) >= 11 is 1.03. The van der Waals surface area contributed by atoms with Crippen molar-refractivity contribution in [1.29, 1.82) is 0 Å². The molecular formula is C17H17N3O4S. The first-order chi connectivity index (χ1) is 11.9. The van der Waals surface area contributed by atoms with Crippen LogP contribution in [-0.4, -0.2) is 36.0 Å².